The van der Waals surface area contributed by atoms with E-state index in [0.717, 1.165) is 19.4 Å². The maximum Gasteiger partial charge on any atom is 0.282 e. The van der Waals surface area contributed by atoms with Crippen LogP contribution < -0.4 is 10.9 Å². The topological polar surface area (TPSA) is 102 Å². The Bertz CT molecular complexity index is 1240. The molecule has 1 aromatic rings. The highest BCUT2D eigenvalue weighted by atomic mass is 16.5. The fourth-order valence-electron chi connectivity index (χ4n) is 4.81. The van der Waals surface area contributed by atoms with Crippen molar-refractivity contribution in [3.05, 3.63) is 58.6 Å². The third-order valence-corrected chi connectivity index (χ3v) is 6.90. The number of para-hydroxylation sites is 1. The molecule has 2 amide bonds. The zero-order valence-electron chi connectivity index (χ0n) is 20.6. The van der Waals surface area contributed by atoms with Gasteiger partial charge in [-0.05, 0) is 31.9 Å². The van der Waals surface area contributed by atoms with Crippen LogP contribution in [0.25, 0.3) is 16.9 Å². The number of aromatic nitrogens is 3. The van der Waals surface area contributed by atoms with Crippen LogP contribution in [0, 0.1) is 0 Å². The summed E-state index contributed by atoms with van der Waals surface area (Å²) in [6, 6.07) is 9.21. The molecule has 4 heterocycles. The van der Waals surface area contributed by atoms with E-state index in [1.807, 2.05) is 41.8 Å². The van der Waals surface area contributed by atoms with Crippen LogP contribution in [0.4, 0.5) is 0 Å². The summed E-state index contributed by atoms with van der Waals surface area (Å²) in [4.78, 5) is 42.9. The molecule has 4 aliphatic heterocycles. The minimum Gasteiger partial charge on any atom is -0.376 e. The average molecular weight is 493 g/mol. The molecule has 36 heavy (non-hydrogen) atoms. The van der Waals surface area contributed by atoms with E-state index in [9.17, 15) is 14.4 Å². The zero-order valence-corrected chi connectivity index (χ0v) is 20.6. The maximum atomic E-state index is 13.6. The molecule has 0 aliphatic carbocycles. The van der Waals surface area contributed by atoms with Gasteiger partial charge in [-0.15, -0.1) is 0 Å². The summed E-state index contributed by atoms with van der Waals surface area (Å²) >= 11 is 0. The van der Waals surface area contributed by atoms with Crippen molar-refractivity contribution >= 4 is 11.8 Å². The molecule has 2 fully saturated rings. The lowest BCUT2D eigenvalue weighted by Gasteiger charge is -2.34. The Balaban J connectivity index is 1.27. The maximum absolute atomic E-state index is 13.6. The number of carbonyl (C=O) groups is 2. The molecule has 10 heteroatoms. The van der Waals surface area contributed by atoms with E-state index in [2.05, 4.69) is 15.3 Å². The summed E-state index contributed by atoms with van der Waals surface area (Å²) in [6.45, 7) is 6.44. The molecule has 0 spiro atoms. The van der Waals surface area contributed by atoms with Crippen LogP contribution in [-0.2, 0) is 16.1 Å². The largest absolute Gasteiger partial charge is 0.376 e. The van der Waals surface area contributed by atoms with E-state index in [-0.39, 0.29) is 23.5 Å². The molecular weight excluding hydrogens is 460 g/mol. The van der Waals surface area contributed by atoms with Crippen molar-refractivity contribution < 1.29 is 14.3 Å². The monoisotopic (exact) mass is 492 g/mol. The van der Waals surface area contributed by atoms with Crippen LogP contribution in [0.15, 0.2) is 47.5 Å². The molecule has 1 aromatic carbocycles. The summed E-state index contributed by atoms with van der Waals surface area (Å²) in [5.74, 6) is -0.170. The van der Waals surface area contributed by atoms with Crippen LogP contribution in [0.1, 0.15) is 30.1 Å². The predicted molar refractivity (Wildman–Crippen MR) is 134 cm³/mol. The van der Waals surface area contributed by atoms with E-state index < -0.39 is 0 Å². The van der Waals surface area contributed by atoms with Crippen molar-refractivity contribution in [1.29, 1.82) is 0 Å². The standard InChI is InChI=1S/C26H32N6O4/c1-2-29-16-21(24-22(17-29)26(35)32(28-24)19-7-4-3-5-8-19)25(34)31-12-10-30(11-13-31)18-23(33)27-15-20-9-6-14-36-20/h3-5,7-8,16-17,20H,2,6,9-15,18H2,1H3,(H,27,33). The number of pyridine rings is 1. The number of fused-ring (bicyclic) bond motifs is 1. The number of amides is 2. The van der Waals surface area contributed by atoms with Crippen LogP contribution in [0.2, 0.25) is 0 Å². The van der Waals surface area contributed by atoms with Crippen molar-refractivity contribution in [2.24, 2.45) is 0 Å². The lowest BCUT2D eigenvalue weighted by atomic mass is 10.1. The number of ether oxygens (including phenoxy) is 1. The Morgan fingerprint density at radius 2 is 1.89 bits per heavy atom. The lowest BCUT2D eigenvalue weighted by molar-refractivity contribution is -0.123. The quantitative estimate of drug-likeness (QED) is 0.532. The van der Waals surface area contributed by atoms with E-state index in [1.165, 1.54) is 4.68 Å². The van der Waals surface area contributed by atoms with E-state index in [1.54, 1.807) is 17.3 Å². The van der Waals surface area contributed by atoms with Gasteiger partial charge in [-0.2, -0.15) is 9.78 Å². The number of benzene rings is 1. The van der Waals surface area contributed by atoms with Gasteiger partial charge < -0.3 is 19.5 Å². The van der Waals surface area contributed by atoms with Gasteiger partial charge in [0.15, 0.2) is 0 Å². The molecule has 10 nitrogen and oxygen atoms in total. The van der Waals surface area contributed by atoms with Gasteiger partial charge in [0.1, 0.15) is 5.69 Å². The Morgan fingerprint density at radius 3 is 2.58 bits per heavy atom. The van der Waals surface area contributed by atoms with Gasteiger partial charge >= 0.3 is 0 Å². The molecule has 0 radical (unpaired) electrons. The van der Waals surface area contributed by atoms with Gasteiger partial charge in [0.05, 0.1) is 29.5 Å². The second-order valence-corrected chi connectivity index (χ2v) is 9.32. The van der Waals surface area contributed by atoms with Crippen molar-refractivity contribution in [2.45, 2.75) is 32.4 Å². The number of carbonyl (C=O) groups excluding carboxylic acids is 2. The van der Waals surface area contributed by atoms with Crippen LogP contribution in [0.5, 0.6) is 0 Å². The fourth-order valence-corrected chi connectivity index (χ4v) is 4.81. The molecule has 190 valence electrons. The summed E-state index contributed by atoms with van der Waals surface area (Å²) in [5.41, 5.74) is 1.67. The third-order valence-electron chi connectivity index (χ3n) is 6.90. The number of nitrogens with one attached hydrogen (secondary N) is 1. The first-order chi connectivity index (χ1) is 17.5. The van der Waals surface area contributed by atoms with Crippen molar-refractivity contribution in [1.82, 2.24) is 29.5 Å². The van der Waals surface area contributed by atoms with Crippen LogP contribution >= 0.6 is 0 Å². The van der Waals surface area contributed by atoms with Gasteiger partial charge in [0.25, 0.3) is 11.5 Å². The Kier molecular flexibility index (Phi) is 7.15. The lowest BCUT2D eigenvalue weighted by Crippen LogP contribution is -2.51. The zero-order chi connectivity index (χ0) is 25.1. The first-order valence-electron chi connectivity index (χ1n) is 12.6. The predicted octanol–water partition coefficient (Wildman–Crippen LogP) is 1.21. The summed E-state index contributed by atoms with van der Waals surface area (Å²) in [6.07, 6.45) is 5.69. The second kappa shape index (κ2) is 10.6. The highest BCUT2D eigenvalue weighted by molar-refractivity contribution is 6.00. The average Bonchev–Trinajstić information content (AvgIpc) is 3.55. The first-order valence-corrected chi connectivity index (χ1v) is 12.6. The number of nitrogens with zero attached hydrogens (tertiary/aromatic N) is 5. The number of hydrogen-bond donors (Lipinski definition) is 1. The van der Waals surface area contributed by atoms with E-state index in [0.29, 0.717) is 68.3 Å². The van der Waals surface area contributed by atoms with Crippen molar-refractivity contribution in [2.75, 3.05) is 45.9 Å². The number of piperazine rings is 1. The molecule has 1 unspecified atom stereocenters. The number of aryl methyl sites for hydroxylation is 1. The molecule has 0 saturated carbocycles. The molecule has 1 atom stereocenters. The summed E-state index contributed by atoms with van der Waals surface area (Å²) in [5, 5.41) is 7.51. The molecule has 0 bridgehead atoms. The summed E-state index contributed by atoms with van der Waals surface area (Å²) < 4.78 is 8.76. The van der Waals surface area contributed by atoms with E-state index >= 15 is 0 Å². The minimum atomic E-state index is -0.244. The molecule has 5 rings (SSSR count). The van der Waals surface area contributed by atoms with Crippen LogP contribution in [0.3, 0.4) is 0 Å². The normalized spacial score (nSPS) is 18.6. The fraction of sp³-hybridized carbons (Fsp3) is 0.462. The van der Waals surface area contributed by atoms with E-state index in [4.69, 9.17) is 4.74 Å². The molecular formula is C26H32N6O4. The number of rotatable bonds is 7. The van der Waals surface area contributed by atoms with Gasteiger partial charge in [-0.1, -0.05) is 18.2 Å². The van der Waals surface area contributed by atoms with Gasteiger partial charge in [0, 0.05) is 58.3 Å². The third kappa shape index (κ3) is 5.05. The highest BCUT2D eigenvalue weighted by Crippen LogP contribution is 2.24. The molecule has 2 saturated heterocycles. The SMILES string of the molecule is CCn1cc(C(=O)N2CCN(CC(=O)NCC3CCCO3)CC2)c2nn(-c3ccccc3)c(=O)c-2c1. The smallest absolute Gasteiger partial charge is 0.282 e. The van der Waals surface area contributed by atoms with Gasteiger partial charge in [-0.3, -0.25) is 19.3 Å². The van der Waals surface area contributed by atoms with Gasteiger partial charge in [0.2, 0.25) is 5.91 Å². The molecule has 4 aliphatic rings. The van der Waals surface area contributed by atoms with Crippen LogP contribution in [-0.4, -0.2) is 87.9 Å². The Morgan fingerprint density at radius 1 is 1.11 bits per heavy atom. The summed E-state index contributed by atoms with van der Waals surface area (Å²) in [7, 11) is 0. The molecule has 0 aromatic heterocycles. The van der Waals surface area contributed by atoms with Crippen molar-refractivity contribution in [3.8, 4) is 16.9 Å². The Hall–Kier alpha value is -3.50. The molecule has 1 N–H and O–H groups in total. The minimum absolute atomic E-state index is 0.0199. The van der Waals surface area contributed by atoms with Crippen molar-refractivity contribution in [3.63, 3.8) is 0 Å². The van der Waals surface area contributed by atoms with Gasteiger partial charge in [-0.25, -0.2) is 0 Å². The highest BCUT2D eigenvalue weighted by Gasteiger charge is 2.29. The first kappa shape index (κ1) is 24.2. The number of hydrogen-bond acceptors (Lipinski definition) is 6. The second-order valence-electron chi connectivity index (χ2n) is 9.32. The Labute approximate surface area is 209 Å².